The van der Waals surface area contributed by atoms with Crippen LogP contribution >= 0.6 is 15.9 Å². The average Bonchev–Trinajstić information content (AvgIpc) is 2.51. The van der Waals surface area contributed by atoms with Gasteiger partial charge in [-0.2, -0.15) is 16.8 Å². The largest absolute Gasteiger partial charge is 0.397 e. The Hall–Kier alpha value is -2.12. The van der Waals surface area contributed by atoms with Crippen molar-refractivity contribution in [3.8, 4) is 0 Å². The van der Waals surface area contributed by atoms with Crippen molar-refractivity contribution in [2.75, 3.05) is 5.73 Å². The van der Waals surface area contributed by atoms with Crippen LogP contribution in [0.1, 0.15) is 31.8 Å². The Labute approximate surface area is 155 Å². The number of hydrogen-bond donors (Lipinski definition) is 3. The second kappa shape index (κ2) is 5.69. The summed E-state index contributed by atoms with van der Waals surface area (Å²) in [5.74, 6) is -1.88. The summed E-state index contributed by atoms with van der Waals surface area (Å²) in [5.41, 5.74) is 3.26. The van der Waals surface area contributed by atoms with E-state index in [0.717, 1.165) is 24.3 Å². The molecule has 3 rings (SSSR count). The van der Waals surface area contributed by atoms with E-state index < -0.39 is 58.4 Å². The minimum Gasteiger partial charge on any atom is -0.397 e. The van der Waals surface area contributed by atoms with Crippen molar-refractivity contribution < 1.29 is 35.5 Å². The standard InChI is InChI=1S/C14H8BrNO8S2/c15-6-4-8(26(22,23)24)12(16)11-10(6)14(18)9-5(13(11)17)2-1-3-7(9)25(19,20)21/h1-4H,16H2,(H,19,20,21)(H,22,23,24). The monoisotopic (exact) mass is 461 g/mol. The van der Waals surface area contributed by atoms with Gasteiger partial charge < -0.3 is 5.73 Å². The van der Waals surface area contributed by atoms with Crippen LogP contribution in [-0.4, -0.2) is 37.5 Å². The number of nitrogens with two attached hydrogens (primary N) is 1. The molecule has 2 aromatic carbocycles. The highest BCUT2D eigenvalue weighted by molar-refractivity contribution is 9.10. The molecule has 0 amide bonds. The van der Waals surface area contributed by atoms with E-state index in [0.29, 0.717) is 0 Å². The summed E-state index contributed by atoms with van der Waals surface area (Å²) in [6.45, 7) is 0. The van der Waals surface area contributed by atoms with Gasteiger partial charge in [-0.3, -0.25) is 18.7 Å². The number of halogens is 1. The average molecular weight is 462 g/mol. The third-order valence-electron chi connectivity index (χ3n) is 3.79. The molecule has 26 heavy (non-hydrogen) atoms. The van der Waals surface area contributed by atoms with Crippen molar-refractivity contribution in [3.05, 3.63) is 51.0 Å². The second-order valence-corrected chi connectivity index (χ2v) is 8.94. The summed E-state index contributed by atoms with van der Waals surface area (Å²) in [6.07, 6.45) is 0. The maximum atomic E-state index is 12.8. The Bertz CT molecular complexity index is 1230. The van der Waals surface area contributed by atoms with Gasteiger partial charge in [0.1, 0.15) is 9.79 Å². The van der Waals surface area contributed by atoms with Gasteiger partial charge in [-0.15, -0.1) is 0 Å². The molecule has 9 nitrogen and oxygen atoms in total. The summed E-state index contributed by atoms with van der Waals surface area (Å²) in [4.78, 5) is 24.1. The van der Waals surface area contributed by atoms with Gasteiger partial charge in [0.15, 0.2) is 11.6 Å². The molecule has 12 heteroatoms. The molecule has 0 saturated heterocycles. The predicted octanol–water partition coefficient (Wildman–Crippen LogP) is 1.30. The number of ketones is 2. The molecule has 1 aliphatic carbocycles. The van der Waals surface area contributed by atoms with Crippen LogP contribution in [0.2, 0.25) is 0 Å². The van der Waals surface area contributed by atoms with Gasteiger partial charge in [0.25, 0.3) is 20.2 Å². The minimum atomic E-state index is -4.81. The first kappa shape index (κ1) is 18.7. The Morgan fingerprint density at radius 3 is 1.96 bits per heavy atom. The van der Waals surface area contributed by atoms with Gasteiger partial charge in [-0.05, 0) is 28.1 Å². The lowest BCUT2D eigenvalue weighted by molar-refractivity contribution is 0.0976. The van der Waals surface area contributed by atoms with Crippen molar-refractivity contribution in [3.63, 3.8) is 0 Å². The molecule has 0 aromatic heterocycles. The number of hydrogen-bond acceptors (Lipinski definition) is 7. The molecule has 4 N–H and O–H groups in total. The van der Waals surface area contributed by atoms with E-state index in [9.17, 15) is 35.5 Å². The molecule has 1 aliphatic rings. The zero-order valence-electron chi connectivity index (χ0n) is 12.4. The Morgan fingerprint density at radius 1 is 0.846 bits per heavy atom. The highest BCUT2D eigenvalue weighted by Crippen LogP contribution is 2.40. The van der Waals surface area contributed by atoms with E-state index in [1.807, 2.05) is 0 Å². The number of carbonyl (C=O) groups excluding carboxylic acids is 2. The van der Waals surface area contributed by atoms with Crippen molar-refractivity contribution in [1.29, 1.82) is 0 Å². The molecule has 0 fully saturated rings. The summed E-state index contributed by atoms with van der Waals surface area (Å²) in [7, 11) is -9.61. The normalized spacial score (nSPS) is 14.1. The molecule has 136 valence electrons. The lowest BCUT2D eigenvalue weighted by Gasteiger charge is -2.22. The van der Waals surface area contributed by atoms with E-state index in [4.69, 9.17) is 5.73 Å². The number of carbonyl (C=O) groups is 2. The van der Waals surface area contributed by atoms with E-state index in [1.54, 1.807) is 0 Å². The Kier molecular flexibility index (Phi) is 4.08. The quantitative estimate of drug-likeness (QED) is 0.375. The SMILES string of the molecule is Nc1c(S(=O)(=O)O)cc(Br)c2c1C(=O)c1cccc(S(=O)(=O)O)c1C2=O. The highest BCUT2D eigenvalue weighted by atomic mass is 79.9. The van der Waals surface area contributed by atoms with Crippen LogP contribution < -0.4 is 5.73 Å². The Morgan fingerprint density at radius 2 is 1.42 bits per heavy atom. The van der Waals surface area contributed by atoms with Gasteiger partial charge in [-0.1, -0.05) is 12.1 Å². The van der Waals surface area contributed by atoms with Gasteiger partial charge in [0.2, 0.25) is 0 Å². The van der Waals surface area contributed by atoms with E-state index >= 15 is 0 Å². The zero-order valence-corrected chi connectivity index (χ0v) is 15.6. The summed E-state index contributed by atoms with van der Waals surface area (Å²) < 4.78 is 64.4. The molecular formula is C14H8BrNO8S2. The molecule has 0 saturated carbocycles. The molecule has 0 aliphatic heterocycles. The first-order valence-corrected chi connectivity index (χ1v) is 10.3. The summed E-state index contributed by atoms with van der Waals surface area (Å²) >= 11 is 2.94. The minimum absolute atomic E-state index is 0.191. The maximum Gasteiger partial charge on any atom is 0.296 e. The van der Waals surface area contributed by atoms with Gasteiger partial charge in [0.05, 0.1) is 22.4 Å². The van der Waals surface area contributed by atoms with Crippen molar-refractivity contribution in [2.45, 2.75) is 9.79 Å². The highest BCUT2D eigenvalue weighted by Gasteiger charge is 2.39. The predicted molar refractivity (Wildman–Crippen MR) is 91.5 cm³/mol. The zero-order chi connectivity index (χ0) is 19.6. The molecule has 0 spiro atoms. The van der Waals surface area contributed by atoms with Crippen LogP contribution in [0.3, 0.4) is 0 Å². The van der Waals surface area contributed by atoms with Gasteiger partial charge >= 0.3 is 0 Å². The topological polar surface area (TPSA) is 169 Å². The summed E-state index contributed by atoms with van der Waals surface area (Å²) in [5, 5.41) is 0. The maximum absolute atomic E-state index is 12.8. The number of rotatable bonds is 2. The number of anilines is 1. The number of fused-ring (bicyclic) bond motifs is 2. The lowest BCUT2D eigenvalue weighted by Crippen LogP contribution is -2.26. The van der Waals surface area contributed by atoms with Crippen LogP contribution in [0.15, 0.2) is 38.5 Å². The van der Waals surface area contributed by atoms with Crippen LogP contribution in [-0.2, 0) is 20.2 Å². The van der Waals surface area contributed by atoms with E-state index in [-0.39, 0.29) is 15.6 Å². The number of benzene rings is 2. The van der Waals surface area contributed by atoms with Gasteiger partial charge in [0, 0.05) is 10.0 Å². The molecular weight excluding hydrogens is 454 g/mol. The van der Waals surface area contributed by atoms with E-state index in [1.165, 1.54) is 0 Å². The van der Waals surface area contributed by atoms with Crippen LogP contribution in [0.4, 0.5) is 5.69 Å². The van der Waals surface area contributed by atoms with Gasteiger partial charge in [-0.25, -0.2) is 0 Å². The van der Waals surface area contributed by atoms with Crippen molar-refractivity contribution in [1.82, 2.24) is 0 Å². The fraction of sp³-hybridized carbons (Fsp3) is 0. The number of nitrogen functional groups attached to an aromatic ring is 1. The third kappa shape index (κ3) is 2.66. The summed E-state index contributed by atoms with van der Waals surface area (Å²) in [6, 6.07) is 4.06. The molecule has 0 bridgehead atoms. The molecule has 0 atom stereocenters. The van der Waals surface area contributed by atoms with Crippen LogP contribution in [0.25, 0.3) is 0 Å². The molecule has 0 heterocycles. The van der Waals surface area contributed by atoms with Crippen LogP contribution in [0, 0.1) is 0 Å². The fourth-order valence-electron chi connectivity index (χ4n) is 2.74. The second-order valence-electron chi connectivity index (χ2n) is 5.31. The van der Waals surface area contributed by atoms with Crippen molar-refractivity contribution >= 4 is 53.4 Å². The molecule has 2 aromatic rings. The van der Waals surface area contributed by atoms with Crippen molar-refractivity contribution in [2.24, 2.45) is 0 Å². The molecule has 0 unspecified atom stereocenters. The Balaban J connectivity index is 2.47. The smallest absolute Gasteiger partial charge is 0.296 e. The van der Waals surface area contributed by atoms with E-state index in [2.05, 4.69) is 15.9 Å². The fourth-order valence-corrected chi connectivity index (χ4v) is 4.86. The first-order valence-electron chi connectivity index (χ1n) is 6.65. The molecule has 0 radical (unpaired) electrons. The third-order valence-corrected chi connectivity index (χ3v) is 6.20. The van der Waals surface area contributed by atoms with Crippen LogP contribution in [0.5, 0.6) is 0 Å². The first-order chi connectivity index (χ1) is 11.9. The lowest BCUT2D eigenvalue weighted by atomic mass is 9.83.